The Morgan fingerprint density at radius 3 is 2.38 bits per heavy atom. The zero-order valence-corrected chi connectivity index (χ0v) is 25.3. The Morgan fingerprint density at radius 1 is 1.09 bits per heavy atom. The third-order valence-corrected chi connectivity index (χ3v) is 9.13. The highest BCUT2D eigenvalue weighted by atomic mass is 19.4. The largest absolute Gasteiger partial charge is 0.493 e. The molecule has 5 atom stereocenters. The van der Waals surface area contributed by atoms with Gasteiger partial charge in [-0.1, -0.05) is 36.4 Å². The van der Waals surface area contributed by atoms with Crippen LogP contribution in [0.4, 0.5) is 13.2 Å². The second-order valence-electron chi connectivity index (χ2n) is 11.7. The molecule has 0 amide bonds. The first-order valence-electron chi connectivity index (χ1n) is 14.6. The van der Waals surface area contributed by atoms with Crippen LogP contribution in [0.1, 0.15) is 48.5 Å². The van der Waals surface area contributed by atoms with Gasteiger partial charge in [0.1, 0.15) is 5.76 Å². The van der Waals surface area contributed by atoms with E-state index >= 15 is 0 Å². The molecule has 0 radical (unpaired) electrons. The Kier molecular flexibility index (Phi) is 8.99. The molecule has 2 bridgehead atoms. The van der Waals surface area contributed by atoms with Crippen LogP contribution >= 0.6 is 0 Å². The predicted molar refractivity (Wildman–Crippen MR) is 153 cm³/mol. The SMILES string of the molecule is COc1ccc2c3c1O[C@H]1C(OC(=O)C(OC(=O)CCC(=O)O)c4ccccc4)=CC[C@@]4(O)[C@@H](C2)N(C)CC[C@]314.O=C(O)C(F)(F)F. The van der Waals surface area contributed by atoms with Gasteiger partial charge < -0.3 is 39.2 Å². The number of hydrogen-bond acceptors (Lipinski definition) is 10. The molecule has 1 spiro atoms. The maximum absolute atomic E-state index is 13.6. The van der Waals surface area contributed by atoms with Crippen LogP contribution < -0.4 is 9.47 Å². The van der Waals surface area contributed by atoms with Gasteiger partial charge in [-0.25, -0.2) is 9.59 Å². The molecule has 2 heterocycles. The number of aliphatic carboxylic acids is 2. The lowest BCUT2D eigenvalue weighted by molar-refractivity contribution is -0.192. The first-order valence-corrected chi connectivity index (χ1v) is 14.6. The first-order chi connectivity index (χ1) is 22.1. The lowest BCUT2D eigenvalue weighted by atomic mass is 9.50. The third kappa shape index (κ3) is 5.89. The van der Waals surface area contributed by atoms with Crippen molar-refractivity contribution in [3.8, 4) is 11.5 Å². The summed E-state index contributed by atoms with van der Waals surface area (Å²) in [5, 5.41) is 28.4. The molecule has 6 rings (SSSR count). The van der Waals surface area contributed by atoms with Gasteiger partial charge in [-0.15, -0.1) is 0 Å². The molecule has 2 aliphatic carbocycles. The molecular formula is C32H32F3NO11. The highest BCUT2D eigenvalue weighted by Crippen LogP contribution is 2.65. The van der Waals surface area contributed by atoms with E-state index in [1.807, 2.05) is 19.2 Å². The molecule has 4 aliphatic rings. The normalized spacial score (nSPS) is 25.9. The number of piperidine rings is 1. The number of carbonyl (C=O) groups is 4. The molecule has 47 heavy (non-hydrogen) atoms. The van der Waals surface area contributed by atoms with E-state index in [2.05, 4.69) is 4.90 Å². The lowest BCUT2D eigenvalue weighted by Crippen LogP contribution is -2.74. The number of hydrogen-bond donors (Lipinski definition) is 3. The van der Waals surface area contributed by atoms with Gasteiger partial charge in [0, 0.05) is 23.6 Å². The molecule has 1 unspecified atom stereocenters. The number of halogens is 3. The van der Waals surface area contributed by atoms with Crippen molar-refractivity contribution in [2.24, 2.45) is 0 Å². The van der Waals surface area contributed by atoms with Crippen molar-refractivity contribution < 1.29 is 66.6 Å². The summed E-state index contributed by atoms with van der Waals surface area (Å²) in [6.07, 6.45) is -4.92. The van der Waals surface area contributed by atoms with E-state index in [0.717, 1.165) is 17.7 Å². The number of benzene rings is 2. The second-order valence-corrected chi connectivity index (χ2v) is 11.7. The predicted octanol–water partition coefficient (Wildman–Crippen LogP) is 3.30. The van der Waals surface area contributed by atoms with Crippen molar-refractivity contribution in [1.82, 2.24) is 4.90 Å². The fourth-order valence-corrected chi connectivity index (χ4v) is 7.04. The topological polar surface area (TPSA) is 169 Å². The van der Waals surface area contributed by atoms with E-state index in [9.17, 15) is 32.7 Å². The monoisotopic (exact) mass is 663 g/mol. The Labute approximate surface area is 266 Å². The maximum Gasteiger partial charge on any atom is 0.490 e. The van der Waals surface area contributed by atoms with E-state index < -0.39 is 59.7 Å². The molecule has 2 aromatic carbocycles. The molecule has 3 N–H and O–H groups in total. The van der Waals surface area contributed by atoms with E-state index in [1.54, 1.807) is 43.5 Å². The summed E-state index contributed by atoms with van der Waals surface area (Å²) >= 11 is 0. The van der Waals surface area contributed by atoms with Gasteiger partial charge in [0.15, 0.2) is 17.6 Å². The van der Waals surface area contributed by atoms with E-state index in [4.69, 9.17) is 34.0 Å². The van der Waals surface area contributed by atoms with E-state index in [0.29, 0.717) is 29.9 Å². The summed E-state index contributed by atoms with van der Waals surface area (Å²) in [5.74, 6) is -4.23. The molecule has 2 aromatic rings. The van der Waals surface area contributed by atoms with Crippen molar-refractivity contribution in [2.45, 2.75) is 67.5 Å². The van der Waals surface area contributed by atoms with E-state index in [1.165, 1.54) is 0 Å². The standard InChI is InChI=1S/C30H31NO9.C2HF3O2/c1-31-15-14-29-24-18-8-9-19(37-2)26(24)40-27(29)20(12-13-30(29,36)21(31)16-18)38-28(35)25(17-6-4-3-5-7-17)39-23(34)11-10-22(32)33;3-2(4,5)1(6)7/h3-9,12,21,25,27,36H,10-11,13-16H2,1-2H3,(H,32,33);(H,6,7)/t21-,25?,27+,29+,30-;/m1./s1. The van der Waals surface area contributed by atoms with Gasteiger partial charge in [-0.05, 0) is 44.1 Å². The third-order valence-electron chi connectivity index (χ3n) is 9.13. The molecule has 2 aliphatic heterocycles. The van der Waals surface area contributed by atoms with Crippen molar-refractivity contribution in [3.63, 3.8) is 0 Å². The Hall–Kier alpha value is -4.63. The number of methoxy groups -OCH3 is 1. The van der Waals surface area contributed by atoms with Crippen LogP contribution in [0.5, 0.6) is 11.5 Å². The molecule has 12 nitrogen and oxygen atoms in total. The fraction of sp³-hybridized carbons (Fsp3) is 0.438. The van der Waals surface area contributed by atoms with Crippen molar-refractivity contribution in [2.75, 3.05) is 20.7 Å². The second kappa shape index (κ2) is 12.5. The highest BCUT2D eigenvalue weighted by molar-refractivity contribution is 5.83. The fourth-order valence-electron chi connectivity index (χ4n) is 7.04. The summed E-state index contributed by atoms with van der Waals surface area (Å²) in [4.78, 5) is 48.1. The number of carboxylic acids is 2. The molecular weight excluding hydrogens is 631 g/mol. The van der Waals surface area contributed by atoms with Crippen LogP contribution in [0.2, 0.25) is 0 Å². The Morgan fingerprint density at radius 2 is 1.77 bits per heavy atom. The number of alkyl halides is 3. The van der Waals surface area contributed by atoms with Gasteiger partial charge in [0.2, 0.25) is 6.10 Å². The number of ether oxygens (including phenoxy) is 4. The van der Waals surface area contributed by atoms with Crippen molar-refractivity contribution in [3.05, 3.63) is 71.0 Å². The molecule has 1 fully saturated rings. The van der Waals surface area contributed by atoms with Gasteiger partial charge in [0.25, 0.3) is 0 Å². The Bertz CT molecular complexity index is 1610. The molecule has 252 valence electrons. The van der Waals surface area contributed by atoms with Crippen LogP contribution in [-0.4, -0.2) is 88.7 Å². The van der Waals surface area contributed by atoms with Gasteiger partial charge in [-0.2, -0.15) is 13.2 Å². The minimum absolute atomic E-state index is 0.153. The Balaban J connectivity index is 0.000000559. The van der Waals surface area contributed by atoms with Crippen LogP contribution in [-0.2, 0) is 40.5 Å². The highest BCUT2D eigenvalue weighted by Gasteiger charge is 2.72. The lowest BCUT2D eigenvalue weighted by Gasteiger charge is -2.61. The van der Waals surface area contributed by atoms with E-state index in [-0.39, 0.29) is 24.6 Å². The number of esters is 2. The van der Waals surface area contributed by atoms with Crippen molar-refractivity contribution >= 4 is 23.9 Å². The van der Waals surface area contributed by atoms with Crippen LogP contribution in [0.15, 0.2) is 54.3 Å². The average Bonchev–Trinajstić information content (AvgIpc) is 3.38. The van der Waals surface area contributed by atoms with Gasteiger partial charge >= 0.3 is 30.1 Å². The summed E-state index contributed by atoms with van der Waals surface area (Å²) in [6, 6.07) is 12.1. The minimum atomic E-state index is -5.08. The smallest absolute Gasteiger partial charge is 0.490 e. The van der Waals surface area contributed by atoms with Crippen LogP contribution in [0, 0.1) is 0 Å². The maximum atomic E-state index is 13.6. The summed E-state index contributed by atoms with van der Waals surface area (Å²) < 4.78 is 55.3. The summed E-state index contributed by atoms with van der Waals surface area (Å²) in [7, 11) is 3.58. The zero-order chi connectivity index (χ0) is 34.3. The van der Waals surface area contributed by atoms with Crippen LogP contribution in [0.25, 0.3) is 0 Å². The molecule has 0 aromatic heterocycles. The number of carbonyl (C=O) groups excluding carboxylic acids is 2. The van der Waals surface area contributed by atoms with Crippen molar-refractivity contribution in [1.29, 1.82) is 0 Å². The zero-order valence-electron chi connectivity index (χ0n) is 25.3. The first kappa shape index (κ1) is 33.7. The number of rotatable bonds is 8. The van der Waals surface area contributed by atoms with Crippen LogP contribution in [0.3, 0.4) is 0 Å². The molecule has 0 saturated carbocycles. The quantitative estimate of drug-likeness (QED) is 0.353. The van der Waals surface area contributed by atoms with Gasteiger partial charge in [0.05, 0.1) is 31.0 Å². The number of likely N-dealkylation sites (tertiary alicyclic amines) is 1. The number of carboxylic acid groups (broad SMARTS) is 2. The average molecular weight is 664 g/mol. The number of likely N-dealkylation sites (N-methyl/N-ethyl adjacent to an activating group) is 1. The number of aliphatic hydroxyl groups is 1. The molecule has 15 heteroatoms. The summed E-state index contributed by atoms with van der Waals surface area (Å²) in [5.41, 5.74) is 0.352. The number of nitrogens with zero attached hydrogens (tertiary/aromatic N) is 1. The minimum Gasteiger partial charge on any atom is -0.493 e. The van der Waals surface area contributed by atoms with Gasteiger partial charge in [-0.3, -0.25) is 9.59 Å². The molecule has 1 saturated heterocycles. The summed E-state index contributed by atoms with van der Waals surface area (Å²) in [6.45, 7) is 0.720.